The Balaban J connectivity index is 0.000000281. The summed E-state index contributed by atoms with van der Waals surface area (Å²) in [5.74, 6) is -0.619. The van der Waals surface area contributed by atoms with Crippen LogP contribution in [0.15, 0.2) is 24.4 Å². The predicted octanol–water partition coefficient (Wildman–Crippen LogP) is 2.18. The van der Waals surface area contributed by atoms with Gasteiger partial charge in [-0.25, -0.2) is 4.79 Å². The minimum absolute atomic E-state index is 0.208. The molecule has 0 unspecified atom stereocenters. The van der Waals surface area contributed by atoms with Gasteiger partial charge in [-0.05, 0) is 26.0 Å². The van der Waals surface area contributed by atoms with E-state index in [0.29, 0.717) is 12.0 Å². The summed E-state index contributed by atoms with van der Waals surface area (Å²) < 4.78 is 0. The number of amides is 1. The first-order chi connectivity index (χ1) is 7.52. The van der Waals surface area contributed by atoms with E-state index in [2.05, 4.69) is 6.58 Å². The van der Waals surface area contributed by atoms with Crippen molar-refractivity contribution in [1.29, 1.82) is 0 Å². The summed E-state index contributed by atoms with van der Waals surface area (Å²) in [5.41, 5.74) is 0.424. The molecule has 90 valence electrons. The van der Waals surface area contributed by atoms with Gasteiger partial charge in [-0.3, -0.25) is 4.79 Å². The Hall–Kier alpha value is -1.58. The minimum Gasteiger partial charge on any atom is -0.478 e. The molecule has 0 spiro atoms. The molecule has 0 aromatic carbocycles. The Bertz CT molecular complexity index is 295. The molecule has 4 nitrogen and oxygen atoms in total. The van der Waals surface area contributed by atoms with E-state index in [1.165, 1.54) is 0 Å². The molecule has 1 aliphatic heterocycles. The highest BCUT2D eigenvalue weighted by Crippen LogP contribution is 2.08. The van der Waals surface area contributed by atoms with Crippen LogP contribution in [0.2, 0.25) is 0 Å². The number of nitrogens with zero attached hydrogens (tertiary/aromatic N) is 1. The first kappa shape index (κ1) is 14.4. The smallest absolute Gasteiger partial charge is 0.330 e. The van der Waals surface area contributed by atoms with E-state index in [-0.39, 0.29) is 5.91 Å². The molecule has 0 aromatic rings. The third kappa shape index (κ3) is 5.34. The molecule has 0 aliphatic carbocycles. The molecular weight excluding hydrogens is 206 g/mol. The van der Waals surface area contributed by atoms with Crippen LogP contribution in [0.1, 0.15) is 33.1 Å². The van der Waals surface area contributed by atoms with E-state index >= 15 is 0 Å². The molecule has 1 saturated heterocycles. The molecular formula is C12H19NO3. The van der Waals surface area contributed by atoms with Gasteiger partial charge in [0, 0.05) is 18.5 Å². The van der Waals surface area contributed by atoms with Crippen molar-refractivity contribution >= 4 is 11.9 Å². The van der Waals surface area contributed by atoms with Crippen molar-refractivity contribution in [2.75, 3.05) is 6.54 Å². The lowest BCUT2D eigenvalue weighted by molar-refractivity contribution is -0.132. The Morgan fingerprint density at radius 3 is 2.44 bits per heavy atom. The Morgan fingerprint density at radius 2 is 2.25 bits per heavy atom. The molecule has 0 atom stereocenters. The SMILES string of the molecule is C=CN1CCCC1=O.CCC=C(C)C(=O)O. The molecule has 0 saturated carbocycles. The summed E-state index contributed by atoms with van der Waals surface area (Å²) in [4.78, 5) is 22.3. The lowest BCUT2D eigenvalue weighted by atomic mass is 10.2. The molecule has 4 heteroatoms. The molecule has 1 heterocycles. The van der Waals surface area contributed by atoms with Crippen molar-refractivity contribution in [1.82, 2.24) is 4.90 Å². The quantitative estimate of drug-likeness (QED) is 0.749. The monoisotopic (exact) mass is 225 g/mol. The number of hydrogen-bond donors (Lipinski definition) is 1. The van der Waals surface area contributed by atoms with Crippen LogP contribution < -0.4 is 0 Å². The van der Waals surface area contributed by atoms with Crippen LogP contribution in [-0.2, 0) is 9.59 Å². The number of hydrogen-bond acceptors (Lipinski definition) is 2. The second kappa shape index (κ2) is 7.68. The fraction of sp³-hybridized carbons (Fsp3) is 0.500. The van der Waals surface area contributed by atoms with Crippen molar-refractivity contribution in [3.05, 3.63) is 24.4 Å². The fourth-order valence-corrected chi connectivity index (χ4v) is 1.26. The van der Waals surface area contributed by atoms with E-state index in [4.69, 9.17) is 5.11 Å². The molecule has 1 fully saturated rings. The molecule has 0 bridgehead atoms. The predicted molar refractivity (Wildman–Crippen MR) is 62.8 cm³/mol. The largest absolute Gasteiger partial charge is 0.478 e. The van der Waals surface area contributed by atoms with Crippen LogP contribution in [0.4, 0.5) is 0 Å². The van der Waals surface area contributed by atoms with E-state index in [0.717, 1.165) is 19.4 Å². The Morgan fingerprint density at radius 1 is 1.62 bits per heavy atom. The van der Waals surface area contributed by atoms with Gasteiger partial charge in [0.25, 0.3) is 0 Å². The van der Waals surface area contributed by atoms with Crippen molar-refractivity contribution in [3.8, 4) is 0 Å². The highest BCUT2D eigenvalue weighted by molar-refractivity contribution is 5.85. The van der Waals surface area contributed by atoms with Gasteiger partial charge >= 0.3 is 5.97 Å². The summed E-state index contributed by atoms with van der Waals surface area (Å²) in [5, 5.41) is 8.24. The third-order valence-electron chi connectivity index (χ3n) is 2.18. The molecule has 1 rings (SSSR count). The maximum absolute atomic E-state index is 10.7. The molecule has 16 heavy (non-hydrogen) atoms. The lowest BCUT2D eigenvalue weighted by Gasteiger charge is -2.05. The first-order valence-corrected chi connectivity index (χ1v) is 5.35. The molecule has 1 amide bonds. The van der Waals surface area contributed by atoms with Gasteiger partial charge < -0.3 is 10.0 Å². The van der Waals surface area contributed by atoms with E-state index in [1.807, 2.05) is 6.92 Å². The summed E-state index contributed by atoms with van der Waals surface area (Å²) in [6.45, 7) is 7.86. The zero-order chi connectivity index (χ0) is 12.6. The number of carbonyl (C=O) groups excluding carboxylic acids is 1. The van der Waals surface area contributed by atoms with Crippen LogP contribution in [0.25, 0.3) is 0 Å². The van der Waals surface area contributed by atoms with Gasteiger partial charge in [0.15, 0.2) is 0 Å². The molecule has 1 N–H and O–H groups in total. The molecule has 0 aromatic heterocycles. The average Bonchev–Trinajstić information content (AvgIpc) is 2.65. The van der Waals surface area contributed by atoms with Gasteiger partial charge in [-0.2, -0.15) is 0 Å². The van der Waals surface area contributed by atoms with Gasteiger partial charge in [-0.1, -0.05) is 19.6 Å². The van der Waals surface area contributed by atoms with Crippen molar-refractivity contribution in [3.63, 3.8) is 0 Å². The number of carboxylic acids is 1. The second-order valence-electron chi connectivity index (χ2n) is 3.47. The number of carboxylic acid groups (broad SMARTS) is 1. The minimum atomic E-state index is -0.827. The summed E-state index contributed by atoms with van der Waals surface area (Å²) in [6.07, 6.45) is 5.76. The number of aliphatic carboxylic acids is 1. The summed E-state index contributed by atoms with van der Waals surface area (Å²) in [7, 11) is 0. The third-order valence-corrected chi connectivity index (χ3v) is 2.18. The van der Waals surface area contributed by atoms with Crippen molar-refractivity contribution < 1.29 is 14.7 Å². The maximum atomic E-state index is 10.7. The standard InChI is InChI=1S/C6H9NO.C6H10O2/c1-2-7-5-3-4-6(7)8;1-3-4-5(2)6(7)8/h2H,1,3-5H2;4H,3H2,1-2H3,(H,7,8). The van der Waals surface area contributed by atoms with Gasteiger partial charge in [0.2, 0.25) is 5.91 Å². The Labute approximate surface area is 96.3 Å². The van der Waals surface area contributed by atoms with Crippen LogP contribution in [0.5, 0.6) is 0 Å². The maximum Gasteiger partial charge on any atom is 0.330 e. The topological polar surface area (TPSA) is 57.6 Å². The lowest BCUT2D eigenvalue weighted by Crippen LogP contribution is -2.16. The fourth-order valence-electron chi connectivity index (χ4n) is 1.26. The molecule has 1 aliphatic rings. The van der Waals surface area contributed by atoms with Gasteiger partial charge in [0.1, 0.15) is 0 Å². The number of carbonyl (C=O) groups is 2. The highest BCUT2D eigenvalue weighted by Gasteiger charge is 2.15. The zero-order valence-electron chi connectivity index (χ0n) is 9.90. The van der Waals surface area contributed by atoms with Crippen LogP contribution >= 0.6 is 0 Å². The van der Waals surface area contributed by atoms with Crippen molar-refractivity contribution in [2.45, 2.75) is 33.1 Å². The first-order valence-electron chi connectivity index (χ1n) is 5.35. The van der Waals surface area contributed by atoms with Crippen LogP contribution in [0.3, 0.4) is 0 Å². The Kier molecular flexibility index (Phi) is 6.92. The number of rotatable bonds is 3. The van der Waals surface area contributed by atoms with Gasteiger partial charge in [-0.15, -0.1) is 0 Å². The zero-order valence-corrected chi connectivity index (χ0v) is 9.90. The van der Waals surface area contributed by atoms with Crippen LogP contribution in [-0.4, -0.2) is 28.4 Å². The number of likely N-dealkylation sites (tertiary alicyclic amines) is 1. The van der Waals surface area contributed by atoms with Crippen molar-refractivity contribution in [2.24, 2.45) is 0 Å². The normalized spacial score (nSPS) is 15.5. The van der Waals surface area contributed by atoms with Crippen LogP contribution in [0, 0.1) is 0 Å². The highest BCUT2D eigenvalue weighted by atomic mass is 16.4. The average molecular weight is 225 g/mol. The van der Waals surface area contributed by atoms with E-state index in [9.17, 15) is 9.59 Å². The summed E-state index contributed by atoms with van der Waals surface area (Å²) in [6, 6.07) is 0. The second-order valence-corrected chi connectivity index (χ2v) is 3.47. The van der Waals surface area contributed by atoms with Gasteiger partial charge in [0.05, 0.1) is 0 Å². The van der Waals surface area contributed by atoms with E-state index < -0.39 is 5.97 Å². The molecule has 0 radical (unpaired) electrons. The van der Waals surface area contributed by atoms with E-state index in [1.54, 1.807) is 24.1 Å². The summed E-state index contributed by atoms with van der Waals surface area (Å²) >= 11 is 0. The number of allylic oxidation sites excluding steroid dienone is 1.